The van der Waals surface area contributed by atoms with Crippen molar-refractivity contribution in [2.75, 3.05) is 6.54 Å². The van der Waals surface area contributed by atoms with Crippen LogP contribution in [0.25, 0.3) is 0 Å². The third-order valence-electron chi connectivity index (χ3n) is 3.95. The molecule has 0 bridgehead atoms. The maximum atomic E-state index is 12.6. The maximum absolute atomic E-state index is 12.6. The van der Waals surface area contributed by atoms with Gasteiger partial charge in [0.2, 0.25) is 0 Å². The van der Waals surface area contributed by atoms with Crippen LogP contribution >= 0.6 is 0 Å². The van der Waals surface area contributed by atoms with E-state index in [4.69, 9.17) is 9.47 Å². The zero-order valence-corrected chi connectivity index (χ0v) is 12.2. The number of rotatable bonds is 2. The Kier molecular flexibility index (Phi) is 3.55. The number of aldehydes is 1. The molecule has 21 heavy (non-hydrogen) atoms. The summed E-state index contributed by atoms with van der Waals surface area (Å²) >= 11 is 0. The van der Waals surface area contributed by atoms with E-state index in [0.29, 0.717) is 19.4 Å². The third kappa shape index (κ3) is 2.71. The first-order valence-electron chi connectivity index (χ1n) is 7.17. The van der Waals surface area contributed by atoms with E-state index >= 15 is 0 Å². The van der Waals surface area contributed by atoms with Crippen molar-refractivity contribution in [2.45, 2.75) is 44.8 Å². The van der Waals surface area contributed by atoms with Gasteiger partial charge in [0.1, 0.15) is 0 Å². The molecular formula is C16H19NO4. The van der Waals surface area contributed by atoms with E-state index in [1.54, 1.807) is 18.7 Å². The highest BCUT2D eigenvalue weighted by Crippen LogP contribution is 2.29. The van der Waals surface area contributed by atoms with Gasteiger partial charge < -0.3 is 19.2 Å². The number of carbonyl (C=O) groups is 2. The number of fused-ring (bicyclic) bond motifs is 1. The van der Waals surface area contributed by atoms with Crippen LogP contribution in [0.1, 0.15) is 25.0 Å². The smallest absolute Gasteiger partial charge is 0.255 e. The lowest BCUT2D eigenvalue weighted by atomic mass is 9.99. The number of carbonyl (C=O) groups excluding carboxylic acids is 2. The Balaban J connectivity index is 1.76. The first-order valence-corrected chi connectivity index (χ1v) is 7.17. The number of hydrogen-bond donors (Lipinski definition) is 0. The van der Waals surface area contributed by atoms with Gasteiger partial charge in [-0.05, 0) is 31.4 Å². The molecule has 0 N–H and O–H groups in total. The van der Waals surface area contributed by atoms with Crippen molar-refractivity contribution < 1.29 is 19.1 Å². The molecule has 0 aromatic heterocycles. The Labute approximate surface area is 123 Å². The quantitative estimate of drug-likeness (QED) is 0.770. The lowest BCUT2D eigenvalue weighted by molar-refractivity contribution is -0.162. The molecular weight excluding hydrogens is 270 g/mol. The molecule has 1 amide bonds. The second kappa shape index (κ2) is 5.24. The van der Waals surface area contributed by atoms with Crippen LogP contribution in [0.2, 0.25) is 0 Å². The van der Waals surface area contributed by atoms with E-state index in [1.807, 2.05) is 18.2 Å². The fourth-order valence-electron chi connectivity index (χ4n) is 2.94. The van der Waals surface area contributed by atoms with Crippen LogP contribution < -0.4 is 0 Å². The van der Waals surface area contributed by atoms with Crippen molar-refractivity contribution >= 4 is 12.2 Å². The fourth-order valence-corrected chi connectivity index (χ4v) is 2.94. The largest absolute Gasteiger partial charge is 0.336 e. The number of ether oxygens (including phenoxy) is 2. The normalized spacial score (nSPS) is 27.2. The Hall–Kier alpha value is -1.72. The summed E-state index contributed by atoms with van der Waals surface area (Å²) in [6.07, 6.45) is -0.202. The molecule has 0 saturated carbocycles. The molecule has 1 unspecified atom stereocenters. The third-order valence-corrected chi connectivity index (χ3v) is 3.95. The van der Waals surface area contributed by atoms with Crippen molar-refractivity contribution in [3.63, 3.8) is 0 Å². The summed E-state index contributed by atoms with van der Waals surface area (Å²) in [4.78, 5) is 25.5. The molecule has 2 aliphatic heterocycles. The Bertz CT molecular complexity index is 569. The summed E-state index contributed by atoms with van der Waals surface area (Å²) in [5, 5.41) is 0. The van der Waals surface area contributed by atoms with E-state index < -0.39 is 18.0 Å². The van der Waals surface area contributed by atoms with Gasteiger partial charge in [0.15, 0.2) is 24.3 Å². The van der Waals surface area contributed by atoms with E-state index in [2.05, 4.69) is 6.07 Å². The van der Waals surface area contributed by atoms with E-state index in [1.165, 1.54) is 5.56 Å². The van der Waals surface area contributed by atoms with Crippen LogP contribution in [0.3, 0.4) is 0 Å². The lowest BCUT2D eigenvalue weighted by Gasteiger charge is -2.31. The van der Waals surface area contributed by atoms with Crippen molar-refractivity contribution in [1.82, 2.24) is 4.90 Å². The Morgan fingerprint density at radius 1 is 1.29 bits per heavy atom. The molecule has 5 heteroatoms. The molecule has 5 nitrogen and oxygen atoms in total. The molecule has 2 heterocycles. The molecule has 2 atom stereocenters. The SMILES string of the molecule is CC1(C)OC(C(=O)N2CCc3ccccc3C2)[C@H](C=O)O1. The highest BCUT2D eigenvalue weighted by atomic mass is 16.8. The van der Waals surface area contributed by atoms with Gasteiger partial charge in [0, 0.05) is 13.1 Å². The molecule has 3 rings (SSSR count). The highest BCUT2D eigenvalue weighted by Gasteiger charge is 2.46. The van der Waals surface area contributed by atoms with Crippen LogP contribution in [-0.4, -0.2) is 41.6 Å². The summed E-state index contributed by atoms with van der Waals surface area (Å²) in [5.41, 5.74) is 2.43. The van der Waals surface area contributed by atoms with E-state index in [-0.39, 0.29) is 5.91 Å². The zero-order valence-electron chi connectivity index (χ0n) is 12.2. The molecule has 1 aromatic carbocycles. The van der Waals surface area contributed by atoms with Crippen LogP contribution in [0, 0.1) is 0 Å². The average Bonchev–Trinajstić information content (AvgIpc) is 2.81. The molecule has 0 aliphatic carbocycles. The summed E-state index contributed by atoms with van der Waals surface area (Å²) < 4.78 is 11.1. The van der Waals surface area contributed by atoms with Crippen LogP contribution in [0.5, 0.6) is 0 Å². The minimum absolute atomic E-state index is 0.174. The summed E-state index contributed by atoms with van der Waals surface area (Å²) in [5.74, 6) is -1.08. The predicted octanol–water partition coefficient (Wildman–Crippen LogP) is 1.29. The standard InChI is InChI=1S/C16H19NO4/c1-16(2)20-13(10-18)14(21-16)15(19)17-8-7-11-5-3-4-6-12(11)9-17/h3-6,10,13-14H,7-9H2,1-2H3/t13-,14?/m0/s1. The Morgan fingerprint density at radius 3 is 2.71 bits per heavy atom. The lowest BCUT2D eigenvalue weighted by Crippen LogP contribution is -2.46. The fraction of sp³-hybridized carbons (Fsp3) is 0.500. The molecule has 1 saturated heterocycles. The topological polar surface area (TPSA) is 55.8 Å². The van der Waals surface area contributed by atoms with Crippen LogP contribution in [0.4, 0.5) is 0 Å². The van der Waals surface area contributed by atoms with Gasteiger partial charge in [0.05, 0.1) is 0 Å². The van der Waals surface area contributed by atoms with Crippen LogP contribution in [0.15, 0.2) is 24.3 Å². The summed E-state index contributed by atoms with van der Waals surface area (Å²) in [7, 11) is 0. The number of benzene rings is 1. The summed E-state index contributed by atoms with van der Waals surface area (Å²) in [6, 6.07) is 8.10. The predicted molar refractivity (Wildman–Crippen MR) is 75.5 cm³/mol. The number of amides is 1. The molecule has 1 aromatic rings. The van der Waals surface area contributed by atoms with Crippen molar-refractivity contribution in [2.24, 2.45) is 0 Å². The minimum atomic E-state index is -0.903. The highest BCUT2D eigenvalue weighted by molar-refractivity contribution is 5.85. The van der Waals surface area contributed by atoms with Gasteiger partial charge >= 0.3 is 0 Å². The van der Waals surface area contributed by atoms with Gasteiger partial charge in [-0.2, -0.15) is 0 Å². The molecule has 2 aliphatic rings. The van der Waals surface area contributed by atoms with Crippen molar-refractivity contribution in [3.8, 4) is 0 Å². The summed E-state index contributed by atoms with van der Waals surface area (Å²) in [6.45, 7) is 4.62. The van der Waals surface area contributed by atoms with Gasteiger partial charge in [-0.1, -0.05) is 24.3 Å². The number of nitrogens with zero attached hydrogens (tertiary/aromatic N) is 1. The Morgan fingerprint density at radius 2 is 2.00 bits per heavy atom. The second-order valence-corrected chi connectivity index (χ2v) is 5.94. The van der Waals surface area contributed by atoms with Crippen LogP contribution in [-0.2, 0) is 32.0 Å². The first-order chi connectivity index (χ1) is 10.00. The monoisotopic (exact) mass is 289 g/mol. The molecule has 1 fully saturated rings. The minimum Gasteiger partial charge on any atom is -0.336 e. The first kappa shape index (κ1) is 14.2. The second-order valence-electron chi connectivity index (χ2n) is 5.94. The van der Waals surface area contributed by atoms with Gasteiger partial charge in [-0.3, -0.25) is 4.79 Å². The van der Waals surface area contributed by atoms with Crippen molar-refractivity contribution in [3.05, 3.63) is 35.4 Å². The molecule has 0 radical (unpaired) electrons. The maximum Gasteiger partial charge on any atom is 0.255 e. The van der Waals surface area contributed by atoms with Gasteiger partial charge in [-0.15, -0.1) is 0 Å². The number of hydrogen-bond acceptors (Lipinski definition) is 4. The van der Waals surface area contributed by atoms with Gasteiger partial charge in [-0.25, -0.2) is 0 Å². The van der Waals surface area contributed by atoms with E-state index in [0.717, 1.165) is 12.0 Å². The molecule has 112 valence electrons. The van der Waals surface area contributed by atoms with Crippen molar-refractivity contribution in [1.29, 1.82) is 0 Å². The van der Waals surface area contributed by atoms with Gasteiger partial charge in [0.25, 0.3) is 5.91 Å². The average molecular weight is 289 g/mol. The van der Waals surface area contributed by atoms with E-state index in [9.17, 15) is 9.59 Å². The molecule has 0 spiro atoms. The zero-order chi connectivity index (χ0) is 15.0.